The Hall–Kier alpha value is -2.90. The molecule has 0 aliphatic carbocycles. The maximum atomic E-state index is 12.5. The molecule has 0 saturated heterocycles. The van der Waals surface area contributed by atoms with Gasteiger partial charge in [-0.15, -0.1) is 0 Å². The number of anilines is 3. The van der Waals surface area contributed by atoms with E-state index in [1.807, 2.05) is 48.9 Å². The van der Waals surface area contributed by atoms with E-state index in [-0.39, 0.29) is 5.91 Å². The number of hydrogen-bond donors (Lipinski definition) is 2. The van der Waals surface area contributed by atoms with E-state index in [0.29, 0.717) is 20.7 Å². The predicted octanol–water partition coefficient (Wildman–Crippen LogP) is 4.99. The van der Waals surface area contributed by atoms with Gasteiger partial charge in [-0.25, -0.2) is 9.97 Å². The van der Waals surface area contributed by atoms with Crippen molar-refractivity contribution in [3.8, 4) is 0 Å². The summed E-state index contributed by atoms with van der Waals surface area (Å²) < 4.78 is 1.95. The molecule has 0 bridgehead atoms. The molecule has 2 N–H and O–H groups in total. The summed E-state index contributed by atoms with van der Waals surface area (Å²) in [7, 11) is 1.95. The summed E-state index contributed by atoms with van der Waals surface area (Å²) >= 11 is 7.46. The maximum Gasteiger partial charge on any atom is 0.267 e. The summed E-state index contributed by atoms with van der Waals surface area (Å²) in [5.41, 5.74) is 4.35. The number of nitrogens with one attached hydrogen (secondary N) is 2. The van der Waals surface area contributed by atoms with Crippen LogP contribution in [0, 0.1) is 6.92 Å². The van der Waals surface area contributed by atoms with Gasteiger partial charge >= 0.3 is 0 Å². The Morgan fingerprint density at radius 1 is 1.22 bits per heavy atom. The molecule has 2 aromatic carbocycles. The number of fused-ring (bicyclic) bond motifs is 1. The van der Waals surface area contributed by atoms with E-state index >= 15 is 0 Å². The highest BCUT2D eigenvalue weighted by atomic mass is 35.5. The van der Waals surface area contributed by atoms with Crippen molar-refractivity contribution in [2.45, 2.75) is 6.92 Å². The Labute approximate surface area is 164 Å². The van der Waals surface area contributed by atoms with Gasteiger partial charge < -0.3 is 15.2 Å². The van der Waals surface area contributed by atoms with Gasteiger partial charge in [0.05, 0.1) is 34.3 Å². The molecule has 2 heterocycles. The van der Waals surface area contributed by atoms with Gasteiger partial charge in [0.2, 0.25) is 0 Å². The molecule has 27 heavy (non-hydrogen) atoms. The van der Waals surface area contributed by atoms with E-state index < -0.39 is 0 Å². The van der Waals surface area contributed by atoms with E-state index in [0.717, 1.165) is 22.3 Å². The number of nitrogens with zero attached hydrogens (tertiary/aromatic N) is 3. The minimum Gasteiger partial charge on any atom is -0.334 e. The Bertz CT molecular complexity index is 1130. The number of aromatic nitrogens is 3. The minimum atomic E-state index is -0.237. The van der Waals surface area contributed by atoms with Crippen LogP contribution in [-0.4, -0.2) is 20.4 Å². The van der Waals surface area contributed by atoms with Gasteiger partial charge in [0.1, 0.15) is 4.88 Å². The second kappa shape index (κ2) is 7.02. The number of imidazole rings is 1. The van der Waals surface area contributed by atoms with Crippen molar-refractivity contribution in [1.82, 2.24) is 14.5 Å². The number of para-hydroxylation sites is 1. The van der Waals surface area contributed by atoms with Gasteiger partial charge in [-0.05, 0) is 36.8 Å². The van der Waals surface area contributed by atoms with Gasteiger partial charge in [0.25, 0.3) is 5.91 Å². The molecular weight excluding hydrogens is 382 g/mol. The monoisotopic (exact) mass is 397 g/mol. The first kappa shape index (κ1) is 17.5. The summed E-state index contributed by atoms with van der Waals surface area (Å²) in [5, 5.41) is 7.24. The van der Waals surface area contributed by atoms with Gasteiger partial charge in [0.15, 0.2) is 5.13 Å². The molecule has 0 saturated carbocycles. The van der Waals surface area contributed by atoms with Gasteiger partial charge in [-0.3, -0.25) is 4.79 Å². The standard InChI is InChI=1S/C19H16ClN5OS/c1-11-4-3-5-13(20)17(11)24-18(26)16-9-21-19(27-16)23-12-6-7-14-15(8-12)25(2)10-22-14/h3-10H,1-2H3,(H,21,23)(H,24,26). The van der Waals surface area contributed by atoms with Crippen LogP contribution >= 0.6 is 22.9 Å². The highest BCUT2D eigenvalue weighted by Crippen LogP contribution is 2.28. The Morgan fingerprint density at radius 3 is 2.89 bits per heavy atom. The molecule has 0 unspecified atom stereocenters. The highest BCUT2D eigenvalue weighted by Gasteiger charge is 2.14. The largest absolute Gasteiger partial charge is 0.334 e. The number of amides is 1. The quantitative estimate of drug-likeness (QED) is 0.509. The van der Waals surface area contributed by atoms with Crippen molar-refractivity contribution in [1.29, 1.82) is 0 Å². The second-order valence-corrected chi connectivity index (χ2v) is 7.54. The Morgan fingerprint density at radius 2 is 2.07 bits per heavy atom. The molecule has 4 rings (SSSR count). The fraction of sp³-hybridized carbons (Fsp3) is 0.105. The molecule has 0 fully saturated rings. The molecule has 136 valence electrons. The molecule has 8 heteroatoms. The molecule has 1 amide bonds. The molecular formula is C19H16ClN5OS. The lowest BCUT2D eigenvalue weighted by molar-refractivity contribution is 0.103. The third kappa shape index (κ3) is 3.51. The van der Waals surface area contributed by atoms with Crippen LogP contribution in [-0.2, 0) is 7.05 Å². The first-order valence-corrected chi connectivity index (χ1v) is 9.41. The maximum absolute atomic E-state index is 12.5. The fourth-order valence-corrected chi connectivity index (χ4v) is 3.73. The molecule has 0 atom stereocenters. The van der Waals surface area contributed by atoms with Crippen LogP contribution in [0.2, 0.25) is 5.02 Å². The SMILES string of the molecule is Cc1cccc(Cl)c1NC(=O)c1cnc(Nc2ccc3ncn(C)c3c2)s1. The molecule has 2 aromatic heterocycles. The lowest BCUT2D eigenvalue weighted by atomic mass is 10.2. The van der Waals surface area contributed by atoms with E-state index in [4.69, 9.17) is 11.6 Å². The summed E-state index contributed by atoms with van der Waals surface area (Å²) in [4.78, 5) is 21.6. The highest BCUT2D eigenvalue weighted by molar-refractivity contribution is 7.17. The van der Waals surface area contributed by atoms with Crippen LogP contribution in [0.5, 0.6) is 0 Å². The zero-order valence-corrected chi connectivity index (χ0v) is 16.2. The number of thiazole rings is 1. The summed E-state index contributed by atoms with van der Waals surface area (Å²) in [6.07, 6.45) is 3.33. The van der Waals surface area contributed by atoms with Crippen molar-refractivity contribution < 1.29 is 4.79 Å². The molecule has 4 aromatic rings. The van der Waals surface area contributed by atoms with Gasteiger partial charge in [-0.1, -0.05) is 35.1 Å². The van der Waals surface area contributed by atoms with Gasteiger partial charge in [-0.2, -0.15) is 0 Å². The molecule has 6 nitrogen and oxygen atoms in total. The van der Waals surface area contributed by atoms with Crippen LogP contribution < -0.4 is 10.6 Å². The third-order valence-electron chi connectivity index (χ3n) is 4.17. The van der Waals surface area contributed by atoms with Crippen molar-refractivity contribution in [2.24, 2.45) is 7.05 Å². The fourth-order valence-electron chi connectivity index (χ4n) is 2.73. The first-order valence-electron chi connectivity index (χ1n) is 8.21. The first-order chi connectivity index (χ1) is 13.0. The van der Waals surface area contributed by atoms with Gasteiger partial charge in [0, 0.05) is 12.7 Å². The van der Waals surface area contributed by atoms with E-state index in [9.17, 15) is 4.79 Å². The van der Waals surface area contributed by atoms with Crippen molar-refractivity contribution in [3.05, 3.63) is 64.4 Å². The van der Waals surface area contributed by atoms with Crippen LogP contribution in [0.3, 0.4) is 0 Å². The zero-order chi connectivity index (χ0) is 19.0. The van der Waals surface area contributed by atoms with E-state index in [1.165, 1.54) is 11.3 Å². The molecule has 0 aliphatic heterocycles. The molecule has 0 spiro atoms. The lowest BCUT2D eigenvalue weighted by Crippen LogP contribution is -2.11. The number of benzene rings is 2. The number of hydrogen-bond acceptors (Lipinski definition) is 5. The number of halogens is 1. The average Bonchev–Trinajstić information content (AvgIpc) is 3.26. The van der Waals surface area contributed by atoms with Crippen LogP contribution in [0.15, 0.2) is 48.9 Å². The lowest BCUT2D eigenvalue weighted by Gasteiger charge is -2.08. The Balaban J connectivity index is 1.52. The second-order valence-electron chi connectivity index (χ2n) is 6.10. The number of carbonyl (C=O) groups excluding carboxylic acids is 1. The predicted molar refractivity (Wildman–Crippen MR) is 110 cm³/mol. The minimum absolute atomic E-state index is 0.237. The summed E-state index contributed by atoms with van der Waals surface area (Å²) in [6, 6.07) is 11.4. The van der Waals surface area contributed by atoms with Crippen molar-refractivity contribution in [2.75, 3.05) is 10.6 Å². The van der Waals surface area contributed by atoms with Crippen LogP contribution in [0.1, 0.15) is 15.2 Å². The summed E-state index contributed by atoms with van der Waals surface area (Å²) in [5.74, 6) is -0.237. The number of carbonyl (C=O) groups is 1. The van der Waals surface area contributed by atoms with E-state index in [2.05, 4.69) is 20.6 Å². The Kier molecular flexibility index (Phi) is 4.55. The van der Waals surface area contributed by atoms with Crippen LogP contribution in [0.25, 0.3) is 11.0 Å². The van der Waals surface area contributed by atoms with Crippen molar-refractivity contribution in [3.63, 3.8) is 0 Å². The average molecular weight is 398 g/mol. The number of rotatable bonds is 4. The smallest absolute Gasteiger partial charge is 0.267 e. The topological polar surface area (TPSA) is 71.8 Å². The van der Waals surface area contributed by atoms with Crippen molar-refractivity contribution >= 4 is 56.4 Å². The molecule has 0 radical (unpaired) electrons. The molecule has 0 aliphatic rings. The van der Waals surface area contributed by atoms with E-state index in [1.54, 1.807) is 18.6 Å². The third-order valence-corrected chi connectivity index (χ3v) is 5.39. The summed E-state index contributed by atoms with van der Waals surface area (Å²) in [6.45, 7) is 1.90. The zero-order valence-electron chi connectivity index (χ0n) is 14.7. The van der Waals surface area contributed by atoms with Crippen LogP contribution in [0.4, 0.5) is 16.5 Å². The normalized spacial score (nSPS) is 10.9. The number of aryl methyl sites for hydroxylation is 2.